The smallest absolute Gasteiger partial charge is 0.235 e. The molecule has 2 heterocycles. The highest BCUT2D eigenvalue weighted by Crippen LogP contribution is 2.34. The van der Waals surface area contributed by atoms with Crippen molar-refractivity contribution >= 4 is 11.0 Å². The van der Waals surface area contributed by atoms with E-state index in [0.29, 0.717) is 46.3 Å². The number of phenols is 1. The molecule has 2 atom stereocenters. The molecular weight excluding hydrogens is 382 g/mol. The van der Waals surface area contributed by atoms with Crippen LogP contribution in [0.1, 0.15) is 31.1 Å². The van der Waals surface area contributed by atoms with E-state index in [9.17, 15) is 9.90 Å². The molecule has 0 radical (unpaired) electrons. The van der Waals surface area contributed by atoms with E-state index in [2.05, 4.69) is 6.92 Å². The van der Waals surface area contributed by atoms with E-state index in [4.69, 9.17) is 13.9 Å². The van der Waals surface area contributed by atoms with Crippen LogP contribution in [0.15, 0.2) is 45.6 Å². The van der Waals surface area contributed by atoms with Crippen LogP contribution in [0.5, 0.6) is 23.0 Å². The number of benzene rings is 2. The molecule has 1 aromatic heterocycles. The van der Waals surface area contributed by atoms with Crippen LogP contribution in [0.4, 0.5) is 0 Å². The summed E-state index contributed by atoms with van der Waals surface area (Å²) in [6.45, 7) is 6.69. The molecule has 2 N–H and O–H groups in total. The summed E-state index contributed by atoms with van der Waals surface area (Å²) in [5.41, 5.74) is 0.860. The van der Waals surface area contributed by atoms with Crippen molar-refractivity contribution in [3.63, 3.8) is 0 Å². The van der Waals surface area contributed by atoms with Gasteiger partial charge >= 0.3 is 0 Å². The lowest BCUT2D eigenvalue weighted by Crippen LogP contribution is -3.12. The summed E-state index contributed by atoms with van der Waals surface area (Å²) < 4.78 is 17.3. The zero-order valence-corrected chi connectivity index (χ0v) is 17.7. The standard InChI is InChI=1S/C24H27NO5/c1-15-7-6-12-25(13-15)14-18-19(26)11-10-17-22(27)23(16(2)29-24(17)18)30-21-9-5-4-8-20(21)28-3/h4-5,8-11,15,26H,6-7,12-14H2,1-3H3/p+1/t15-/m0/s1. The number of aryl methyl sites for hydroxylation is 1. The van der Waals surface area contributed by atoms with Crippen LogP contribution in [0, 0.1) is 12.8 Å². The largest absolute Gasteiger partial charge is 0.507 e. The molecule has 3 aromatic rings. The summed E-state index contributed by atoms with van der Waals surface area (Å²) in [7, 11) is 1.55. The molecule has 0 amide bonds. The maximum atomic E-state index is 13.2. The van der Waals surface area contributed by atoms with Gasteiger partial charge in [-0.05, 0) is 44.0 Å². The molecule has 6 heteroatoms. The first-order valence-corrected chi connectivity index (χ1v) is 10.4. The van der Waals surface area contributed by atoms with Crippen LogP contribution in [-0.4, -0.2) is 25.3 Å². The summed E-state index contributed by atoms with van der Waals surface area (Å²) in [5, 5.41) is 10.9. The molecule has 1 fully saturated rings. The van der Waals surface area contributed by atoms with Crippen LogP contribution < -0.4 is 19.8 Å². The fourth-order valence-corrected chi connectivity index (χ4v) is 4.30. The number of hydrogen-bond donors (Lipinski definition) is 2. The van der Waals surface area contributed by atoms with E-state index in [1.807, 2.05) is 12.1 Å². The van der Waals surface area contributed by atoms with Crippen molar-refractivity contribution in [3.8, 4) is 23.0 Å². The number of fused-ring (bicyclic) bond motifs is 1. The predicted octanol–water partition coefficient (Wildman–Crippen LogP) is 3.42. The number of rotatable bonds is 5. The second kappa shape index (κ2) is 8.40. The molecule has 6 nitrogen and oxygen atoms in total. The average molecular weight is 410 g/mol. The van der Waals surface area contributed by atoms with Crippen molar-refractivity contribution in [1.82, 2.24) is 0 Å². The molecule has 1 unspecified atom stereocenters. The lowest BCUT2D eigenvalue weighted by molar-refractivity contribution is -0.922. The fraction of sp³-hybridized carbons (Fsp3) is 0.375. The van der Waals surface area contributed by atoms with Crippen molar-refractivity contribution < 1.29 is 23.9 Å². The highest BCUT2D eigenvalue weighted by Gasteiger charge is 2.25. The first kappa shape index (κ1) is 20.3. The maximum Gasteiger partial charge on any atom is 0.235 e. The topological polar surface area (TPSA) is 73.3 Å². The summed E-state index contributed by atoms with van der Waals surface area (Å²) in [6.07, 6.45) is 2.41. The number of aromatic hydroxyl groups is 1. The highest BCUT2D eigenvalue weighted by molar-refractivity contribution is 5.83. The number of piperidine rings is 1. The monoisotopic (exact) mass is 410 g/mol. The molecule has 30 heavy (non-hydrogen) atoms. The van der Waals surface area contributed by atoms with Crippen LogP contribution in [-0.2, 0) is 6.54 Å². The Bertz CT molecular complexity index is 1120. The van der Waals surface area contributed by atoms with Gasteiger partial charge in [-0.25, -0.2) is 0 Å². The Hall–Kier alpha value is -2.99. The van der Waals surface area contributed by atoms with Gasteiger partial charge in [0.15, 0.2) is 17.1 Å². The van der Waals surface area contributed by atoms with Crippen LogP contribution in [0.25, 0.3) is 11.0 Å². The highest BCUT2D eigenvalue weighted by atomic mass is 16.5. The molecule has 4 rings (SSSR count). The van der Waals surface area contributed by atoms with Gasteiger partial charge in [0.05, 0.1) is 31.1 Å². The number of quaternary nitrogens is 1. The zero-order chi connectivity index (χ0) is 21.3. The second-order valence-corrected chi connectivity index (χ2v) is 8.14. The fourth-order valence-electron chi connectivity index (χ4n) is 4.30. The van der Waals surface area contributed by atoms with Crippen molar-refractivity contribution in [2.45, 2.75) is 33.2 Å². The van der Waals surface area contributed by atoms with E-state index < -0.39 is 0 Å². The van der Waals surface area contributed by atoms with Gasteiger partial charge in [0, 0.05) is 5.92 Å². The van der Waals surface area contributed by atoms with E-state index in [-0.39, 0.29) is 16.9 Å². The minimum Gasteiger partial charge on any atom is -0.507 e. The van der Waals surface area contributed by atoms with Gasteiger partial charge in [-0.1, -0.05) is 19.1 Å². The summed E-state index contributed by atoms with van der Waals surface area (Å²) in [5.74, 6) is 2.29. The first-order chi connectivity index (χ1) is 14.5. The van der Waals surface area contributed by atoms with Gasteiger partial charge in [-0.3, -0.25) is 4.79 Å². The van der Waals surface area contributed by atoms with Crippen LogP contribution in [0.2, 0.25) is 0 Å². The second-order valence-electron chi connectivity index (χ2n) is 8.14. The molecule has 0 aliphatic carbocycles. The average Bonchev–Trinajstić information content (AvgIpc) is 2.73. The molecule has 1 aliphatic rings. The van der Waals surface area contributed by atoms with Gasteiger partial charge in [0.2, 0.25) is 11.2 Å². The van der Waals surface area contributed by atoms with Gasteiger partial charge in [-0.2, -0.15) is 0 Å². The van der Waals surface area contributed by atoms with Gasteiger partial charge in [0.1, 0.15) is 18.1 Å². The third-order valence-corrected chi connectivity index (χ3v) is 5.83. The van der Waals surface area contributed by atoms with Crippen LogP contribution in [0.3, 0.4) is 0 Å². The number of para-hydroxylation sites is 2. The van der Waals surface area contributed by atoms with Crippen molar-refractivity contribution in [1.29, 1.82) is 0 Å². The van der Waals surface area contributed by atoms with Crippen molar-refractivity contribution in [3.05, 3.63) is 57.9 Å². The first-order valence-electron chi connectivity index (χ1n) is 10.4. The molecule has 1 saturated heterocycles. The van der Waals surface area contributed by atoms with E-state index in [1.54, 1.807) is 38.3 Å². The maximum absolute atomic E-state index is 13.2. The molecule has 2 aromatic carbocycles. The Balaban J connectivity index is 1.76. The predicted molar refractivity (Wildman–Crippen MR) is 115 cm³/mol. The molecule has 1 aliphatic heterocycles. The third-order valence-electron chi connectivity index (χ3n) is 5.83. The van der Waals surface area contributed by atoms with E-state index in [1.165, 1.54) is 17.7 Å². The number of ether oxygens (including phenoxy) is 2. The van der Waals surface area contributed by atoms with Gasteiger partial charge in [-0.15, -0.1) is 0 Å². The summed E-state index contributed by atoms with van der Waals surface area (Å²) >= 11 is 0. The number of nitrogens with one attached hydrogen (secondary N) is 1. The number of likely N-dealkylation sites (tertiary alicyclic amines) is 1. The van der Waals surface area contributed by atoms with Crippen LogP contribution >= 0.6 is 0 Å². The normalized spacial score (nSPS) is 19.0. The SMILES string of the molecule is COc1ccccc1Oc1c(C)oc2c(C[NH+]3CCC[C@H](C)C3)c(O)ccc2c1=O. The Labute approximate surface area is 175 Å². The molecule has 0 spiro atoms. The molecular formula is C24H28NO5+. The lowest BCUT2D eigenvalue weighted by atomic mass is 9.99. The van der Waals surface area contributed by atoms with Gasteiger partial charge < -0.3 is 23.9 Å². The quantitative estimate of drug-likeness (QED) is 0.674. The Morgan fingerprint density at radius 3 is 2.70 bits per heavy atom. The Kier molecular flexibility index (Phi) is 5.68. The van der Waals surface area contributed by atoms with E-state index >= 15 is 0 Å². The minimum absolute atomic E-state index is 0.127. The summed E-state index contributed by atoms with van der Waals surface area (Å²) in [4.78, 5) is 14.6. The number of methoxy groups -OCH3 is 1. The summed E-state index contributed by atoms with van der Waals surface area (Å²) in [6, 6.07) is 10.3. The Morgan fingerprint density at radius 2 is 1.97 bits per heavy atom. The van der Waals surface area contributed by atoms with Crippen molar-refractivity contribution in [2.75, 3.05) is 20.2 Å². The van der Waals surface area contributed by atoms with Crippen molar-refractivity contribution in [2.24, 2.45) is 5.92 Å². The number of phenolic OH excluding ortho intramolecular Hbond substituents is 1. The Morgan fingerprint density at radius 1 is 1.20 bits per heavy atom. The van der Waals surface area contributed by atoms with E-state index in [0.717, 1.165) is 13.1 Å². The lowest BCUT2D eigenvalue weighted by Gasteiger charge is -2.28. The minimum atomic E-state index is -0.261. The third kappa shape index (κ3) is 3.87. The molecule has 0 saturated carbocycles. The molecule has 158 valence electrons. The molecule has 0 bridgehead atoms. The number of hydrogen-bond acceptors (Lipinski definition) is 5. The van der Waals surface area contributed by atoms with Gasteiger partial charge in [0.25, 0.3) is 0 Å². The zero-order valence-electron chi connectivity index (χ0n) is 17.7.